The molecule has 3 rings (SSSR count). The lowest BCUT2D eigenvalue weighted by atomic mass is 10.1. The Morgan fingerprint density at radius 1 is 1.00 bits per heavy atom. The molecule has 2 aromatic carbocycles. The van der Waals surface area contributed by atoms with E-state index in [0.29, 0.717) is 11.8 Å². The highest BCUT2D eigenvalue weighted by atomic mass is 35.5. The third-order valence-corrected chi connectivity index (χ3v) is 4.29. The Labute approximate surface area is 146 Å². The maximum absolute atomic E-state index is 6.26. The number of hydrogen-bond donors (Lipinski definition) is 1. The van der Waals surface area contributed by atoms with E-state index in [-0.39, 0.29) is 12.1 Å². The average molecular weight is 342 g/mol. The minimum Gasteiger partial charge on any atom is -0.419 e. The second kappa shape index (κ2) is 7.16. The monoisotopic (exact) mass is 341 g/mol. The molecule has 0 saturated carbocycles. The van der Waals surface area contributed by atoms with Gasteiger partial charge >= 0.3 is 0 Å². The minimum absolute atomic E-state index is 0.0722. The van der Waals surface area contributed by atoms with Crippen LogP contribution in [0.15, 0.2) is 52.9 Å². The Kier molecular flexibility index (Phi) is 4.97. The molecule has 2 atom stereocenters. The minimum atomic E-state index is -0.0812. The molecule has 5 heteroatoms. The summed E-state index contributed by atoms with van der Waals surface area (Å²) in [5, 5.41) is 12.5. The number of aryl methyl sites for hydroxylation is 1. The summed E-state index contributed by atoms with van der Waals surface area (Å²) in [6, 6.07) is 15.8. The lowest BCUT2D eigenvalue weighted by molar-refractivity contribution is 0.395. The van der Waals surface area contributed by atoms with Crippen LogP contribution in [0.1, 0.15) is 42.9 Å². The summed E-state index contributed by atoms with van der Waals surface area (Å²) in [6.07, 6.45) is 0. The molecule has 4 nitrogen and oxygen atoms in total. The summed E-state index contributed by atoms with van der Waals surface area (Å²) >= 11 is 6.26. The molecule has 0 aliphatic heterocycles. The van der Waals surface area contributed by atoms with Gasteiger partial charge in [-0.2, -0.15) is 0 Å². The molecule has 1 heterocycles. The maximum atomic E-state index is 6.26. The van der Waals surface area contributed by atoms with Crippen molar-refractivity contribution < 1.29 is 4.42 Å². The van der Waals surface area contributed by atoms with Gasteiger partial charge < -0.3 is 4.42 Å². The molecule has 24 heavy (non-hydrogen) atoms. The Morgan fingerprint density at radius 3 is 2.54 bits per heavy atom. The second-order valence-corrected chi connectivity index (χ2v) is 6.35. The van der Waals surface area contributed by atoms with Gasteiger partial charge in [0.15, 0.2) is 0 Å². The first-order chi connectivity index (χ1) is 11.5. The first kappa shape index (κ1) is 16.7. The second-order valence-electron chi connectivity index (χ2n) is 5.95. The predicted octanol–water partition coefficient (Wildman–Crippen LogP) is 5.11. The molecule has 3 aromatic rings. The van der Waals surface area contributed by atoms with Crippen LogP contribution in [0.5, 0.6) is 0 Å². The van der Waals surface area contributed by atoms with E-state index in [4.69, 9.17) is 16.0 Å². The number of halogens is 1. The van der Waals surface area contributed by atoms with Crippen LogP contribution < -0.4 is 5.32 Å². The molecule has 0 bridgehead atoms. The highest BCUT2D eigenvalue weighted by Crippen LogP contribution is 2.26. The van der Waals surface area contributed by atoms with Gasteiger partial charge in [0.1, 0.15) is 0 Å². The lowest BCUT2D eigenvalue weighted by Crippen LogP contribution is -2.23. The normalized spacial score (nSPS) is 13.7. The van der Waals surface area contributed by atoms with Gasteiger partial charge in [-0.25, -0.2) is 0 Å². The van der Waals surface area contributed by atoms with Gasteiger partial charge in [0.05, 0.1) is 6.04 Å². The van der Waals surface area contributed by atoms with Gasteiger partial charge in [0, 0.05) is 16.6 Å². The summed E-state index contributed by atoms with van der Waals surface area (Å²) in [5.74, 6) is 1.10. The van der Waals surface area contributed by atoms with E-state index in [1.165, 1.54) is 0 Å². The van der Waals surface area contributed by atoms with Crippen LogP contribution in [-0.2, 0) is 0 Å². The van der Waals surface area contributed by atoms with Crippen LogP contribution in [0.4, 0.5) is 0 Å². The number of benzene rings is 2. The standard InChI is InChI=1S/C19H20ClN3O/c1-12-7-6-8-15(11-12)19-23-22-18(24-19)14(3)21-13(2)16-9-4-5-10-17(16)20/h4-11,13-14,21H,1-3H3/t13-,14-/m1/s1. The fourth-order valence-electron chi connectivity index (χ4n) is 2.67. The Bertz CT molecular complexity index is 831. The number of hydrogen-bond acceptors (Lipinski definition) is 4. The summed E-state index contributed by atoms with van der Waals surface area (Å²) in [6.45, 7) is 6.10. The van der Waals surface area contributed by atoms with E-state index >= 15 is 0 Å². The molecule has 124 valence electrons. The van der Waals surface area contributed by atoms with E-state index in [9.17, 15) is 0 Å². The van der Waals surface area contributed by atoms with E-state index in [1.54, 1.807) is 0 Å². The van der Waals surface area contributed by atoms with Crippen molar-refractivity contribution in [3.8, 4) is 11.5 Å². The molecule has 1 N–H and O–H groups in total. The van der Waals surface area contributed by atoms with E-state index in [1.807, 2.05) is 62.4 Å². The zero-order chi connectivity index (χ0) is 17.1. The largest absolute Gasteiger partial charge is 0.419 e. The number of nitrogens with zero attached hydrogens (tertiary/aromatic N) is 2. The average Bonchev–Trinajstić information content (AvgIpc) is 3.05. The van der Waals surface area contributed by atoms with Gasteiger partial charge in [-0.05, 0) is 44.5 Å². The molecule has 0 spiro atoms. The van der Waals surface area contributed by atoms with Gasteiger partial charge in [-0.3, -0.25) is 5.32 Å². The SMILES string of the molecule is Cc1cccc(-c2nnc([C@@H](C)N[C@H](C)c3ccccc3Cl)o2)c1. The number of nitrogens with one attached hydrogen (secondary N) is 1. The van der Waals surface area contributed by atoms with Crippen molar-refractivity contribution in [3.05, 3.63) is 70.6 Å². The van der Waals surface area contributed by atoms with Crippen molar-refractivity contribution in [2.45, 2.75) is 32.9 Å². The molecule has 0 saturated heterocycles. The molecule has 0 fully saturated rings. The van der Waals surface area contributed by atoms with Gasteiger partial charge in [-0.1, -0.05) is 47.5 Å². The van der Waals surface area contributed by atoms with Crippen LogP contribution >= 0.6 is 11.6 Å². The van der Waals surface area contributed by atoms with Crippen molar-refractivity contribution in [2.75, 3.05) is 0 Å². The Morgan fingerprint density at radius 2 is 1.79 bits per heavy atom. The van der Waals surface area contributed by atoms with E-state index in [0.717, 1.165) is 21.7 Å². The topological polar surface area (TPSA) is 51.0 Å². The summed E-state index contributed by atoms with van der Waals surface area (Å²) in [7, 11) is 0. The zero-order valence-corrected chi connectivity index (χ0v) is 14.7. The van der Waals surface area contributed by atoms with Gasteiger partial charge in [0.25, 0.3) is 0 Å². The van der Waals surface area contributed by atoms with Crippen molar-refractivity contribution in [3.63, 3.8) is 0 Å². The summed E-state index contributed by atoms with van der Waals surface area (Å²) in [5.41, 5.74) is 3.13. The quantitative estimate of drug-likeness (QED) is 0.700. The first-order valence-corrected chi connectivity index (χ1v) is 8.33. The van der Waals surface area contributed by atoms with E-state index in [2.05, 4.69) is 22.4 Å². The zero-order valence-electron chi connectivity index (χ0n) is 14.0. The molecule has 1 aromatic heterocycles. The molecular weight excluding hydrogens is 322 g/mol. The molecule has 0 radical (unpaired) electrons. The first-order valence-electron chi connectivity index (χ1n) is 7.95. The number of aromatic nitrogens is 2. The van der Waals surface area contributed by atoms with Crippen LogP contribution in [0.3, 0.4) is 0 Å². The predicted molar refractivity (Wildman–Crippen MR) is 95.9 cm³/mol. The summed E-state index contributed by atoms with van der Waals surface area (Å²) in [4.78, 5) is 0. The van der Waals surface area contributed by atoms with Crippen LogP contribution in [0.25, 0.3) is 11.5 Å². The van der Waals surface area contributed by atoms with Gasteiger partial charge in [0.2, 0.25) is 11.8 Å². The molecular formula is C19H20ClN3O. The third-order valence-electron chi connectivity index (χ3n) is 3.95. The van der Waals surface area contributed by atoms with Crippen molar-refractivity contribution >= 4 is 11.6 Å². The molecule has 0 amide bonds. The molecule has 0 unspecified atom stereocenters. The highest BCUT2D eigenvalue weighted by Gasteiger charge is 2.18. The smallest absolute Gasteiger partial charge is 0.247 e. The third kappa shape index (κ3) is 3.66. The van der Waals surface area contributed by atoms with Crippen LogP contribution in [-0.4, -0.2) is 10.2 Å². The summed E-state index contributed by atoms with van der Waals surface area (Å²) < 4.78 is 5.84. The molecule has 0 aliphatic carbocycles. The fourth-order valence-corrected chi connectivity index (χ4v) is 2.97. The van der Waals surface area contributed by atoms with Crippen molar-refractivity contribution in [1.82, 2.24) is 15.5 Å². The van der Waals surface area contributed by atoms with Crippen LogP contribution in [0.2, 0.25) is 5.02 Å². The van der Waals surface area contributed by atoms with E-state index < -0.39 is 0 Å². The van der Waals surface area contributed by atoms with Gasteiger partial charge in [-0.15, -0.1) is 10.2 Å². The fraction of sp³-hybridized carbons (Fsp3) is 0.263. The molecule has 0 aliphatic rings. The van der Waals surface area contributed by atoms with Crippen LogP contribution in [0, 0.1) is 6.92 Å². The Balaban J connectivity index is 1.74. The van der Waals surface area contributed by atoms with Crippen molar-refractivity contribution in [1.29, 1.82) is 0 Å². The highest BCUT2D eigenvalue weighted by molar-refractivity contribution is 6.31. The number of rotatable bonds is 5. The lowest BCUT2D eigenvalue weighted by Gasteiger charge is -2.18. The maximum Gasteiger partial charge on any atom is 0.247 e. The Hall–Kier alpha value is -2.17. The van der Waals surface area contributed by atoms with Crippen molar-refractivity contribution in [2.24, 2.45) is 0 Å².